The Morgan fingerprint density at radius 2 is 1.90 bits per heavy atom. The molecule has 0 bridgehead atoms. The van der Waals surface area contributed by atoms with Gasteiger partial charge < -0.3 is 5.73 Å². The molecule has 21 heavy (non-hydrogen) atoms. The molecule has 112 valence electrons. The van der Waals surface area contributed by atoms with Crippen LogP contribution in [0.1, 0.15) is 24.1 Å². The minimum Gasteiger partial charge on any atom is -0.399 e. The van der Waals surface area contributed by atoms with E-state index < -0.39 is 16.1 Å². The summed E-state index contributed by atoms with van der Waals surface area (Å²) in [7, 11) is -3.65. The molecular weight excluding hydrogens is 308 g/mol. The second-order valence-corrected chi connectivity index (χ2v) is 7.04. The average molecular weight is 325 g/mol. The highest BCUT2D eigenvalue weighted by Gasteiger charge is 2.20. The van der Waals surface area contributed by atoms with Crippen LogP contribution in [-0.2, 0) is 10.0 Å². The fraction of sp³-hybridized carbons (Fsp3) is 0.200. The fourth-order valence-corrected chi connectivity index (χ4v) is 3.80. The van der Waals surface area contributed by atoms with Gasteiger partial charge in [-0.05, 0) is 49.2 Å². The molecule has 2 rings (SSSR count). The van der Waals surface area contributed by atoms with Crippen molar-refractivity contribution in [1.29, 1.82) is 0 Å². The Balaban J connectivity index is 2.31. The van der Waals surface area contributed by atoms with Crippen molar-refractivity contribution in [3.05, 3.63) is 58.6 Å². The summed E-state index contributed by atoms with van der Waals surface area (Å²) in [6, 6.07) is 11.5. The Morgan fingerprint density at radius 1 is 1.19 bits per heavy atom. The van der Waals surface area contributed by atoms with Crippen LogP contribution in [0.3, 0.4) is 0 Å². The molecule has 0 aliphatic carbocycles. The molecular formula is C15H17ClN2O2S. The summed E-state index contributed by atoms with van der Waals surface area (Å²) < 4.78 is 27.6. The SMILES string of the molecule is Cc1ccc(Cl)cc1S(=O)(=O)NC(C)c1cccc(N)c1. The van der Waals surface area contributed by atoms with E-state index in [0.717, 1.165) is 5.56 Å². The van der Waals surface area contributed by atoms with E-state index in [4.69, 9.17) is 17.3 Å². The van der Waals surface area contributed by atoms with Crippen molar-refractivity contribution < 1.29 is 8.42 Å². The number of nitrogens with two attached hydrogens (primary N) is 1. The summed E-state index contributed by atoms with van der Waals surface area (Å²) >= 11 is 5.89. The molecule has 0 aromatic heterocycles. The monoisotopic (exact) mass is 324 g/mol. The van der Waals surface area contributed by atoms with Crippen molar-refractivity contribution in [2.75, 3.05) is 5.73 Å². The molecule has 4 nitrogen and oxygen atoms in total. The lowest BCUT2D eigenvalue weighted by molar-refractivity contribution is 0.566. The topological polar surface area (TPSA) is 72.2 Å². The standard InChI is InChI=1S/C15H17ClN2O2S/c1-10-6-7-13(16)9-15(10)21(19,20)18-11(2)12-4-3-5-14(17)8-12/h3-9,11,18H,17H2,1-2H3. The molecule has 0 spiro atoms. The van der Waals surface area contributed by atoms with Gasteiger partial charge >= 0.3 is 0 Å². The van der Waals surface area contributed by atoms with E-state index in [1.165, 1.54) is 6.07 Å². The number of nitrogen functional groups attached to an aromatic ring is 1. The molecule has 6 heteroatoms. The number of halogens is 1. The summed E-state index contributed by atoms with van der Waals surface area (Å²) in [6.45, 7) is 3.50. The molecule has 0 fully saturated rings. The predicted molar refractivity (Wildman–Crippen MR) is 85.8 cm³/mol. The van der Waals surface area contributed by atoms with Gasteiger partial charge in [0.05, 0.1) is 4.90 Å². The van der Waals surface area contributed by atoms with E-state index in [1.54, 1.807) is 44.2 Å². The van der Waals surface area contributed by atoms with Crippen LogP contribution in [0.15, 0.2) is 47.4 Å². The maximum atomic E-state index is 12.5. The van der Waals surface area contributed by atoms with E-state index in [2.05, 4.69) is 4.72 Å². The van der Waals surface area contributed by atoms with E-state index in [1.807, 2.05) is 6.07 Å². The number of nitrogens with one attached hydrogen (secondary N) is 1. The molecule has 0 saturated heterocycles. The molecule has 0 amide bonds. The normalized spacial score (nSPS) is 13.1. The minimum atomic E-state index is -3.65. The van der Waals surface area contributed by atoms with Gasteiger partial charge in [-0.15, -0.1) is 0 Å². The van der Waals surface area contributed by atoms with Crippen molar-refractivity contribution in [3.8, 4) is 0 Å². The summed E-state index contributed by atoms with van der Waals surface area (Å²) in [5.41, 5.74) is 7.76. The third kappa shape index (κ3) is 3.75. The van der Waals surface area contributed by atoms with E-state index >= 15 is 0 Å². The first kappa shape index (κ1) is 15.8. The van der Waals surface area contributed by atoms with E-state index in [9.17, 15) is 8.42 Å². The summed E-state index contributed by atoms with van der Waals surface area (Å²) in [5, 5.41) is 0.387. The lowest BCUT2D eigenvalue weighted by atomic mass is 10.1. The fourth-order valence-electron chi connectivity index (χ4n) is 2.06. The molecule has 2 aromatic rings. The Bertz CT molecular complexity index is 760. The van der Waals surface area contributed by atoms with Crippen molar-refractivity contribution in [2.24, 2.45) is 0 Å². The molecule has 3 N–H and O–H groups in total. The van der Waals surface area contributed by atoms with Crippen LogP contribution in [0.2, 0.25) is 5.02 Å². The zero-order valence-corrected chi connectivity index (χ0v) is 13.4. The Kier molecular flexibility index (Phi) is 4.56. The number of sulfonamides is 1. The molecule has 0 heterocycles. The Morgan fingerprint density at radius 3 is 2.57 bits per heavy atom. The Hall–Kier alpha value is -1.56. The van der Waals surface area contributed by atoms with Crippen LogP contribution in [0.4, 0.5) is 5.69 Å². The quantitative estimate of drug-likeness (QED) is 0.848. The highest BCUT2D eigenvalue weighted by molar-refractivity contribution is 7.89. The second-order valence-electron chi connectivity index (χ2n) is 4.92. The van der Waals surface area contributed by atoms with Crippen LogP contribution in [0.5, 0.6) is 0 Å². The average Bonchev–Trinajstić information content (AvgIpc) is 2.41. The number of aryl methyl sites for hydroxylation is 1. The van der Waals surface area contributed by atoms with Crippen LogP contribution in [0.25, 0.3) is 0 Å². The summed E-state index contributed by atoms with van der Waals surface area (Å²) in [4.78, 5) is 0.186. The van der Waals surface area contributed by atoms with E-state index in [-0.39, 0.29) is 4.90 Å². The molecule has 2 aromatic carbocycles. The van der Waals surface area contributed by atoms with Crippen LogP contribution < -0.4 is 10.5 Å². The van der Waals surface area contributed by atoms with Crippen LogP contribution >= 0.6 is 11.6 Å². The third-order valence-electron chi connectivity index (χ3n) is 3.18. The number of hydrogen-bond donors (Lipinski definition) is 2. The smallest absolute Gasteiger partial charge is 0.241 e. The molecule has 0 radical (unpaired) electrons. The molecule has 0 saturated carbocycles. The van der Waals surface area contributed by atoms with Gasteiger partial charge in [0, 0.05) is 16.8 Å². The summed E-state index contributed by atoms with van der Waals surface area (Å²) in [6.07, 6.45) is 0. The molecule has 1 atom stereocenters. The van der Waals surface area contributed by atoms with Gasteiger partial charge in [-0.2, -0.15) is 0 Å². The number of anilines is 1. The van der Waals surface area contributed by atoms with Gasteiger partial charge in [0.15, 0.2) is 0 Å². The second kappa shape index (κ2) is 6.05. The highest BCUT2D eigenvalue weighted by Crippen LogP contribution is 2.23. The number of rotatable bonds is 4. The van der Waals surface area contributed by atoms with Crippen molar-refractivity contribution in [1.82, 2.24) is 4.72 Å². The zero-order valence-electron chi connectivity index (χ0n) is 11.8. The van der Waals surface area contributed by atoms with Crippen molar-refractivity contribution in [2.45, 2.75) is 24.8 Å². The maximum Gasteiger partial charge on any atom is 0.241 e. The first-order valence-corrected chi connectivity index (χ1v) is 8.29. The molecule has 1 unspecified atom stereocenters. The van der Waals surface area contributed by atoms with Crippen LogP contribution in [-0.4, -0.2) is 8.42 Å². The number of hydrogen-bond acceptors (Lipinski definition) is 3. The first-order valence-electron chi connectivity index (χ1n) is 6.43. The molecule has 0 aliphatic rings. The van der Waals surface area contributed by atoms with E-state index in [0.29, 0.717) is 16.3 Å². The third-order valence-corrected chi connectivity index (χ3v) is 5.10. The number of benzene rings is 2. The van der Waals surface area contributed by atoms with Gasteiger partial charge in [0.25, 0.3) is 0 Å². The van der Waals surface area contributed by atoms with Gasteiger partial charge in [-0.1, -0.05) is 29.8 Å². The zero-order chi connectivity index (χ0) is 15.6. The maximum absolute atomic E-state index is 12.5. The largest absolute Gasteiger partial charge is 0.399 e. The van der Waals surface area contributed by atoms with Gasteiger partial charge in [0.1, 0.15) is 0 Å². The first-order chi connectivity index (χ1) is 9.79. The lowest BCUT2D eigenvalue weighted by Gasteiger charge is -2.16. The van der Waals surface area contributed by atoms with Gasteiger partial charge in [0.2, 0.25) is 10.0 Å². The lowest BCUT2D eigenvalue weighted by Crippen LogP contribution is -2.27. The Labute approximate surface area is 130 Å². The minimum absolute atomic E-state index is 0.186. The van der Waals surface area contributed by atoms with Gasteiger partial charge in [-0.25, -0.2) is 13.1 Å². The van der Waals surface area contributed by atoms with Crippen LogP contribution in [0, 0.1) is 6.92 Å². The van der Waals surface area contributed by atoms with Gasteiger partial charge in [-0.3, -0.25) is 0 Å². The predicted octanol–water partition coefficient (Wildman–Crippen LogP) is 3.27. The summed E-state index contributed by atoms with van der Waals surface area (Å²) in [5.74, 6) is 0. The van der Waals surface area contributed by atoms with Crippen molar-refractivity contribution >= 4 is 27.3 Å². The molecule has 0 aliphatic heterocycles. The van der Waals surface area contributed by atoms with Crippen molar-refractivity contribution in [3.63, 3.8) is 0 Å². The highest BCUT2D eigenvalue weighted by atomic mass is 35.5.